The Morgan fingerprint density at radius 1 is 1.16 bits per heavy atom. The van der Waals surface area contributed by atoms with Gasteiger partial charge in [-0.05, 0) is 54.3 Å². The molecule has 0 unspecified atom stereocenters. The molecule has 2 aromatic heterocycles. The Bertz CT molecular complexity index is 1120. The highest BCUT2D eigenvalue weighted by molar-refractivity contribution is 7.15. The van der Waals surface area contributed by atoms with Crippen molar-refractivity contribution in [1.82, 2.24) is 9.88 Å². The minimum absolute atomic E-state index is 0.0659. The van der Waals surface area contributed by atoms with Gasteiger partial charge in [-0.3, -0.25) is 4.79 Å². The second-order valence-corrected chi connectivity index (χ2v) is 9.32. The summed E-state index contributed by atoms with van der Waals surface area (Å²) in [6.45, 7) is 2.49. The summed E-state index contributed by atoms with van der Waals surface area (Å²) in [5.41, 5.74) is 15.1. The molecule has 1 fully saturated rings. The SMILES string of the molecule is NCc1cccc(C(=O)N2CCC3(CC2)OCCc2sc(-c4cccc(N)n4)cc23)c1. The van der Waals surface area contributed by atoms with Crippen LogP contribution in [-0.2, 0) is 23.3 Å². The summed E-state index contributed by atoms with van der Waals surface area (Å²) < 4.78 is 6.38. The molecule has 1 spiro atoms. The standard InChI is InChI=1S/C24H26N4O2S/c25-15-16-3-1-4-17(13-16)23(29)28-10-8-24(9-11-28)18-14-21(31-20(18)7-12-30-24)19-5-2-6-22(26)27-19/h1-6,13-14H,7-12,15,25H2,(H2,26,27). The Morgan fingerprint density at radius 3 is 2.74 bits per heavy atom. The number of nitrogens with two attached hydrogens (primary N) is 2. The Labute approximate surface area is 185 Å². The van der Waals surface area contributed by atoms with Gasteiger partial charge in [-0.1, -0.05) is 18.2 Å². The number of aromatic nitrogens is 1. The monoisotopic (exact) mass is 434 g/mol. The van der Waals surface area contributed by atoms with Crippen LogP contribution in [0.3, 0.4) is 0 Å². The van der Waals surface area contributed by atoms with Gasteiger partial charge in [0.05, 0.1) is 22.8 Å². The summed E-state index contributed by atoms with van der Waals surface area (Å²) in [4.78, 5) is 21.9. The number of rotatable bonds is 3. The number of amides is 1. The van der Waals surface area contributed by atoms with E-state index >= 15 is 0 Å². The van der Waals surface area contributed by atoms with E-state index in [1.165, 1.54) is 10.4 Å². The fourth-order valence-corrected chi connectivity index (χ4v) is 5.83. The number of benzene rings is 1. The molecule has 1 amide bonds. The van der Waals surface area contributed by atoms with Crippen LogP contribution in [0.2, 0.25) is 0 Å². The number of likely N-dealkylation sites (tertiary alicyclic amines) is 1. The molecule has 2 aliphatic heterocycles. The molecule has 160 valence electrons. The van der Waals surface area contributed by atoms with E-state index in [0.29, 0.717) is 37.6 Å². The molecule has 0 radical (unpaired) electrons. The second-order valence-electron chi connectivity index (χ2n) is 8.18. The van der Waals surface area contributed by atoms with E-state index in [4.69, 9.17) is 16.2 Å². The fourth-order valence-electron chi connectivity index (χ4n) is 4.63. The van der Waals surface area contributed by atoms with Crippen LogP contribution >= 0.6 is 11.3 Å². The van der Waals surface area contributed by atoms with Gasteiger partial charge < -0.3 is 21.1 Å². The number of piperidine rings is 1. The number of carbonyl (C=O) groups excluding carboxylic acids is 1. The zero-order chi connectivity index (χ0) is 21.4. The summed E-state index contributed by atoms with van der Waals surface area (Å²) in [5, 5.41) is 0. The minimum Gasteiger partial charge on any atom is -0.384 e. The number of nitrogens with zero attached hydrogens (tertiary/aromatic N) is 2. The minimum atomic E-state index is -0.321. The van der Waals surface area contributed by atoms with Gasteiger partial charge in [-0.25, -0.2) is 4.98 Å². The zero-order valence-electron chi connectivity index (χ0n) is 17.3. The second kappa shape index (κ2) is 8.07. The summed E-state index contributed by atoms with van der Waals surface area (Å²) in [6.07, 6.45) is 2.50. The molecular weight excluding hydrogens is 408 g/mol. The van der Waals surface area contributed by atoms with Gasteiger partial charge in [0, 0.05) is 36.5 Å². The van der Waals surface area contributed by atoms with E-state index in [1.54, 1.807) is 17.4 Å². The van der Waals surface area contributed by atoms with Crippen LogP contribution in [0.5, 0.6) is 0 Å². The molecule has 2 aliphatic rings. The third-order valence-corrected chi connectivity index (χ3v) is 7.52. The van der Waals surface area contributed by atoms with Crippen molar-refractivity contribution >= 4 is 23.1 Å². The summed E-state index contributed by atoms with van der Waals surface area (Å²) in [5.74, 6) is 0.594. The van der Waals surface area contributed by atoms with Gasteiger partial charge in [-0.15, -0.1) is 11.3 Å². The number of thiophene rings is 1. The third kappa shape index (κ3) is 3.73. The first-order chi connectivity index (χ1) is 15.1. The van der Waals surface area contributed by atoms with Gasteiger partial charge in [0.15, 0.2) is 0 Å². The lowest BCUT2D eigenvalue weighted by Gasteiger charge is -2.44. The number of ether oxygens (including phenoxy) is 1. The highest BCUT2D eigenvalue weighted by atomic mass is 32.1. The molecule has 7 heteroatoms. The first kappa shape index (κ1) is 20.2. The third-order valence-electron chi connectivity index (χ3n) is 6.30. The highest BCUT2D eigenvalue weighted by Gasteiger charge is 2.43. The first-order valence-corrected chi connectivity index (χ1v) is 11.5. The van der Waals surface area contributed by atoms with Crippen LogP contribution in [0.1, 0.15) is 39.2 Å². The Kier molecular flexibility index (Phi) is 5.25. The Morgan fingerprint density at radius 2 is 1.97 bits per heavy atom. The Balaban J connectivity index is 1.37. The molecule has 0 saturated carbocycles. The molecule has 1 aromatic carbocycles. The average Bonchev–Trinajstić information content (AvgIpc) is 3.25. The molecule has 6 nitrogen and oxygen atoms in total. The van der Waals surface area contributed by atoms with Crippen molar-refractivity contribution in [2.45, 2.75) is 31.4 Å². The molecular formula is C24H26N4O2S. The molecule has 4 N–H and O–H groups in total. The van der Waals surface area contributed by atoms with Crippen LogP contribution in [0, 0.1) is 0 Å². The van der Waals surface area contributed by atoms with Crippen molar-refractivity contribution in [2.24, 2.45) is 5.73 Å². The number of nitrogen functional groups attached to an aromatic ring is 1. The molecule has 0 aliphatic carbocycles. The van der Waals surface area contributed by atoms with E-state index in [-0.39, 0.29) is 11.5 Å². The van der Waals surface area contributed by atoms with Crippen molar-refractivity contribution < 1.29 is 9.53 Å². The molecule has 31 heavy (non-hydrogen) atoms. The number of hydrogen-bond donors (Lipinski definition) is 2. The molecule has 4 heterocycles. The van der Waals surface area contributed by atoms with Crippen LogP contribution in [-0.4, -0.2) is 35.5 Å². The lowest BCUT2D eigenvalue weighted by Crippen LogP contribution is -2.48. The van der Waals surface area contributed by atoms with Gasteiger partial charge in [0.1, 0.15) is 5.82 Å². The van der Waals surface area contributed by atoms with Gasteiger partial charge >= 0.3 is 0 Å². The van der Waals surface area contributed by atoms with Crippen molar-refractivity contribution in [2.75, 3.05) is 25.4 Å². The summed E-state index contributed by atoms with van der Waals surface area (Å²) in [6, 6.07) is 15.6. The number of anilines is 1. The maximum Gasteiger partial charge on any atom is 0.253 e. The van der Waals surface area contributed by atoms with E-state index in [9.17, 15) is 4.79 Å². The molecule has 3 aromatic rings. The normalized spacial score (nSPS) is 17.5. The smallest absolute Gasteiger partial charge is 0.253 e. The topological polar surface area (TPSA) is 94.5 Å². The van der Waals surface area contributed by atoms with E-state index < -0.39 is 0 Å². The molecule has 0 atom stereocenters. The highest BCUT2D eigenvalue weighted by Crippen LogP contribution is 2.46. The predicted octanol–water partition coefficient (Wildman–Crippen LogP) is 3.56. The zero-order valence-corrected chi connectivity index (χ0v) is 18.2. The quantitative estimate of drug-likeness (QED) is 0.657. The maximum absolute atomic E-state index is 13.0. The number of fused-ring (bicyclic) bond motifs is 2. The van der Waals surface area contributed by atoms with Gasteiger partial charge in [0.25, 0.3) is 5.91 Å². The van der Waals surface area contributed by atoms with Crippen molar-refractivity contribution in [3.05, 3.63) is 70.1 Å². The first-order valence-electron chi connectivity index (χ1n) is 10.7. The number of carbonyl (C=O) groups is 1. The lowest BCUT2D eigenvalue weighted by atomic mass is 9.82. The van der Waals surface area contributed by atoms with Crippen molar-refractivity contribution in [3.63, 3.8) is 0 Å². The van der Waals surface area contributed by atoms with E-state index in [2.05, 4.69) is 11.1 Å². The van der Waals surface area contributed by atoms with Crippen LogP contribution < -0.4 is 11.5 Å². The van der Waals surface area contributed by atoms with Gasteiger partial charge in [0.2, 0.25) is 0 Å². The molecule has 5 rings (SSSR count). The van der Waals surface area contributed by atoms with Crippen LogP contribution in [0.25, 0.3) is 10.6 Å². The lowest BCUT2D eigenvalue weighted by molar-refractivity contribution is -0.0926. The summed E-state index contributed by atoms with van der Waals surface area (Å²) >= 11 is 1.78. The Hall–Kier alpha value is -2.74. The van der Waals surface area contributed by atoms with Crippen molar-refractivity contribution in [3.8, 4) is 10.6 Å². The fraction of sp³-hybridized carbons (Fsp3) is 0.333. The summed E-state index contributed by atoms with van der Waals surface area (Å²) in [7, 11) is 0. The van der Waals surface area contributed by atoms with Crippen molar-refractivity contribution in [1.29, 1.82) is 0 Å². The number of pyridine rings is 1. The largest absolute Gasteiger partial charge is 0.384 e. The molecule has 1 saturated heterocycles. The van der Waals surface area contributed by atoms with Crippen LogP contribution in [0.15, 0.2) is 48.5 Å². The van der Waals surface area contributed by atoms with Gasteiger partial charge in [-0.2, -0.15) is 0 Å². The van der Waals surface area contributed by atoms with E-state index in [1.807, 2.05) is 41.3 Å². The number of hydrogen-bond acceptors (Lipinski definition) is 6. The van der Waals surface area contributed by atoms with Crippen LogP contribution in [0.4, 0.5) is 5.82 Å². The predicted molar refractivity (Wildman–Crippen MR) is 123 cm³/mol. The average molecular weight is 435 g/mol. The maximum atomic E-state index is 13.0. The molecule has 0 bridgehead atoms. The van der Waals surface area contributed by atoms with E-state index in [0.717, 1.165) is 35.4 Å².